The number of nitrogen functional groups attached to an aromatic ring is 1. The molecule has 1 aromatic rings. The van der Waals surface area contributed by atoms with Crippen LogP contribution in [-0.4, -0.2) is 13.7 Å². The van der Waals surface area contributed by atoms with Gasteiger partial charge in [0.1, 0.15) is 5.75 Å². The first kappa shape index (κ1) is 13.8. The van der Waals surface area contributed by atoms with Crippen molar-refractivity contribution in [2.45, 2.75) is 33.8 Å². The first-order valence-electron chi connectivity index (χ1n) is 5.92. The number of rotatable bonds is 5. The molecule has 0 aliphatic carbocycles. The molecular weight excluding hydrogens is 214 g/mol. The predicted molar refractivity (Wildman–Crippen MR) is 71.1 cm³/mol. The van der Waals surface area contributed by atoms with E-state index in [2.05, 4.69) is 20.8 Å². The molecule has 0 saturated heterocycles. The molecule has 2 N–H and O–H groups in total. The first-order valence-corrected chi connectivity index (χ1v) is 5.92. The Kier molecular flexibility index (Phi) is 4.82. The van der Waals surface area contributed by atoms with Crippen LogP contribution >= 0.6 is 0 Å². The normalized spacial score (nSPS) is 11.5. The summed E-state index contributed by atoms with van der Waals surface area (Å²) in [5.41, 5.74) is 7.75. The van der Waals surface area contributed by atoms with Crippen molar-refractivity contribution in [3.8, 4) is 5.75 Å². The molecule has 0 aliphatic rings. The maximum atomic E-state index is 5.69. The van der Waals surface area contributed by atoms with Crippen LogP contribution in [0, 0.1) is 5.41 Å². The van der Waals surface area contributed by atoms with E-state index in [-0.39, 0.29) is 0 Å². The Bertz CT molecular complexity index is 356. The van der Waals surface area contributed by atoms with Gasteiger partial charge in [-0.05, 0) is 17.9 Å². The number of methoxy groups -OCH3 is 1. The van der Waals surface area contributed by atoms with E-state index in [1.807, 2.05) is 18.2 Å². The topological polar surface area (TPSA) is 44.5 Å². The number of benzene rings is 1. The van der Waals surface area contributed by atoms with E-state index >= 15 is 0 Å². The zero-order chi connectivity index (χ0) is 12.9. The minimum absolute atomic E-state index is 0.311. The highest BCUT2D eigenvalue weighted by atomic mass is 16.5. The van der Waals surface area contributed by atoms with Gasteiger partial charge in [-0.3, -0.25) is 0 Å². The third kappa shape index (κ3) is 5.09. The maximum Gasteiger partial charge on any atom is 0.126 e. The average molecular weight is 237 g/mol. The van der Waals surface area contributed by atoms with Crippen LogP contribution in [0.1, 0.15) is 32.8 Å². The number of nitrogens with two attached hydrogens (primary N) is 1. The molecule has 1 rings (SSSR count). The van der Waals surface area contributed by atoms with Gasteiger partial charge in [-0.1, -0.05) is 26.8 Å². The van der Waals surface area contributed by atoms with Crippen LogP contribution < -0.4 is 10.5 Å². The van der Waals surface area contributed by atoms with Gasteiger partial charge >= 0.3 is 0 Å². The zero-order valence-electron chi connectivity index (χ0n) is 11.2. The Labute approximate surface area is 104 Å². The Balaban J connectivity index is 2.46. The second kappa shape index (κ2) is 5.92. The summed E-state index contributed by atoms with van der Waals surface area (Å²) in [4.78, 5) is 0. The van der Waals surface area contributed by atoms with Crippen LogP contribution in [0.3, 0.4) is 0 Å². The van der Waals surface area contributed by atoms with Crippen molar-refractivity contribution in [2.75, 3.05) is 19.5 Å². The highest BCUT2D eigenvalue weighted by Gasteiger charge is 2.10. The van der Waals surface area contributed by atoms with Gasteiger partial charge in [0.05, 0.1) is 13.7 Å². The van der Waals surface area contributed by atoms with Crippen molar-refractivity contribution in [3.05, 3.63) is 23.8 Å². The molecule has 0 aromatic heterocycles. The summed E-state index contributed by atoms with van der Waals surface area (Å²) in [6.07, 6.45) is 1.05. The largest absolute Gasteiger partial charge is 0.496 e. The van der Waals surface area contributed by atoms with E-state index in [9.17, 15) is 0 Å². The molecule has 0 atom stereocenters. The van der Waals surface area contributed by atoms with E-state index < -0.39 is 0 Å². The molecule has 0 fully saturated rings. The lowest BCUT2D eigenvalue weighted by Gasteiger charge is -2.18. The van der Waals surface area contributed by atoms with Crippen LogP contribution in [0.25, 0.3) is 0 Å². The minimum atomic E-state index is 0.311. The van der Waals surface area contributed by atoms with E-state index in [0.29, 0.717) is 17.7 Å². The summed E-state index contributed by atoms with van der Waals surface area (Å²) in [5, 5.41) is 0. The Morgan fingerprint density at radius 1 is 1.24 bits per heavy atom. The Morgan fingerprint density at radius 2 is 1.94 bits per heavy atom. The second-order valence-electron chi connectivity index (χ2n) is 5.43. The highest BCUT2D eigenvalue weighted by molar-refractivity contribution is 5.48. The molecular formula is C14H23NO2. The summed E-state index contributed by atoms with van der Waals surface area (Å²) >= 11 is 0. The number of anilines is 1. The van der Waals surface area contributed by atoms with Crippen molar-refractivity contribution in [3.63, 3.8) is 0 Å². The standard InChI is InChI=1S/C14H23NO2/c1-14(2,3)7-8-17-10-11-5-6-12(15)9-13(11)16-4/h5-6,9H,7-8,10,15H2,1-4H3. The summed E-state index contributed by atoms with van der Waals surface area (Å²) in [7, 11) is 1.65. The van der Waals surface area contributed by atoms with Gasteiger partial charge in [-0.15, -0.1) is 0 Å². The fraction of sp³-hybridized carbons (Fsp3) is 0.571. The van der Waals surface area contributed by atoms with Crippen molar-refractivity contribution < 1.29 is 9.47 Å². The minimum Gasteiger partial charge on any atom is -0.496 e. The lowest BCUT2D eigenvalue weighted by molar-refractivity contribution is 0.0948. The Morgan fingerprint density at radius 3 is 2.53 bits per heavy atom. The van der Waals surface area contributed by atoms with Gasteiger partial charge in [-0.2, -0.15) is 0 Å². The molecule has 0 aliphatic heterocycles. The zero-order valence-corrected chi connectivity index (χ0v) is 11.2. The summed E-state index contributed by atoms with van der Waals surface area (Å²) in [5.74, 6) is 0.792. The third-order valence-corrected chi connectivity index (χ3v) is 2.57. The summed E-state index contributed by atoms with van der Waals surface area (Å²) < 4.78 is 10.9. The monoisotopic (exact) mass is 237 g/mol. The van der Waals surface area contributed by atoms with Crippen LogP contribution in [0.2, 0.25) is 0 Å². The van der Waals surface area contributed by atoms with Gasteiger partial charge in [0.2, 0.25) is 0 Å². The van der Waals surface area contributed by atoms with E-state index in [1.165, 1.54) is 0 Å². The quantitative estimate of drug-likeness (QED) is 0.631. The number of ether oxygens (including phenoxy) is 2. The van der Waals surface area contributed by atoms with Gasteiger partial charge in [0.25, 0.3) is 0 Å². The summed E-state index contributed by atoms with van der Waals surface area (Å²) in [6, 6.07) is 5.64. The first-order chi connectivity index (χ1) is 7.92. The van der Waals surface area contributed by atoms with Gasteiger partial charge in [0, 0.05) is 23.9 Å². The molecule has 96 valence electrons. The van der Waals surface area contributed by atoms with E-state index in [4.69, 9.17) is 15.2 Å². The highest BCUT2D eigenvalue weighted by Crippen LogP contribution is 2.23. The smallest absolute Gasteiger partial charge is 0.126 e. The molecule has 17 heavy (non-hydrogen) atoms. The lowest BCUT2D eigenvalue weighted by Crippen LogP contribution is -2.09. The van der Waals surface area contributed by atoms with E-state index in [1.54, 1.807) is 7.11 Å². The summed E-state index contributed by atoms with van der Waals surface area (Å²) in [6.45, 7) is 7.96. The molecule has 0 unspecified atom stereocenters. The molecule has 0 spiro atoms. The van der Waals surface area contributed by atoms with Crippen LogP contribution in [0.5, 0.6) is 5.75 Å². The van der Waals surface area contributed by atoms with Gasteiger partial charge < -0.3 is 15.2 Å². The maximum absolute atomic E-state index is 5.69. The average Bonchev–Trinajstić information content (AvgIpc) is 2.24. The SMILES string of the molecule is COc1cc(N)ccc1COCCC(C)(C)C. The molecule has 0 heterocycles. The van der Waals surface area contributed by atoms with Gasteiger partial charge in [0.15, 0.2) is 0 Å². The second-order valence-corrected chi connectivity index (χ2v) is 5.43. The molecule has 0 bridgehead atoms. The van der Waals surface area contributed by atoms with Crippen molar-refractivity contribution in [1.82, 2.24) is 0 Å². The number of hydrogen-bond acceptors (Lipinski definition) is 3. The predicted octanol–water partition coefficient (Wildman–Crippen LogP) is 3.23. The van der Waals surface area contributed by atoms with Crippen LogP contribution in [0.15, 0.2) is 18.2 Å². The van der Waals surface area contributed by atoms with Crippen molar-refractivity contribution in [1.29, 1.82) is 0 Å². The van der Waals surface area contributed by atoms with Crippen LogP contribution in [0.4, 0.5) is 5.69 Å². The van der Waals surface area contributed by atoms with Crippen LogP contribution in [-0.2, 0) is 11.3 Å². The molecule has 3 nitrogen and oxygen atoms in total. The number of hydrogen-bond donors (Lipinski definition) is 1. The lowest BCUT2D eigenvalue weighted by atomic mass is 9.93. The molecule has 0 radical (unpaired) electrons. The fourth-order valence-electron chi connectivity index (χ4n) is 1.44. The molecule has 3 heteroatoms. The van der Waals surface area contributed by atoms with E-state index in [0.717, 1.165) is 24.3 Å². The van der Waals surface area contributed by atoms with Crippen molar-refractivity contribution in [2.24, 2.45) is 5.41 Å². The van der Waals surface area contributed by atoms with Gasteiger partial charge in [-0.25, -0.2) is 0 Å². The molecule has 0 amide bonds. The third-order valence-electron chi connectivity index (χ3n) is 2.57. The van der Waals surface area contributed by atoms with Crippen molar-refractivity contribution >= 4 is 5.69 Å². The fourth-order valence-corrected chi connectivity index (χ4v) is 1.44. The molecule has 1 aromatic carbocycles. The molecule has 0 saturated carbocycles. The Hall–Kier alpha value is -1.22.